The molecule has 0 atom stereocenters. The van der Waals surface area contributed by atoms with Crippen LogP contribution >= 0.6 is 0 Å². The molecule has 0 spiro atoms. The average Bonchev–Trinajstić information content (AvgIpc) is 2.34. The van der Waals surface area contributed by atoms with Gasteiger partial charge in [0.25, 0.3) is 0 Å². The Labute approximate surface area is 57.0 Å². The molecule has 0 radical (unpaired) electrons. The molecule has 0 aromatic carbocycles. The molecule has 0 unspecified atom stereocenters. The third-order valence-electron chi connectivity index (χ3n) is 1.32. The van der Waals surface area contributed by atoms with Gasteiger partial charge in [-0.25, -0.2) is 4.98 Å². The number of rotatable bonds is 0. The van der Waals surface area contributed by atoms with E-state index >= 15 is 0 Å². The Bertz CT molecular complexity index is 317. The maximum Gasteiger partial charge on any atom is 0.187 e. The molecule has 0 aromatic heterocycles. The molecule has 0 aliphatic carbocycles. The van der Waals surface area contributed by atoms with Crippen LogP contribution in [0.4, 0.5) is 5.82 Å². The summed E-state index contributed by atoms with van der Waals surface area (Å²) < 4.78 is 4.84. The second-order valence-electron chi connectivity index (χ2n) is 1.93. The van der Waals surface area contributed by atoms with Crippen LogP contribution in [0.5, 0.6) is 0 Å². The minimum absolute atomic E-state index is 0.487. The molecule has 2 rings (SSSR count). The van der Waals surface area contributed by atoms with Gasteiger partial charge in [-0.1, -0.05) is 5.16 Å². The maximum atomic E-state index is 5.48. The van der Waals surface area contributed by atoms with Crippen molar-refractivity contribution in [2.24, 2.45) is 0 Å². The van der Waals surface area contributed by atoms with E-state index in [2.05, 4.69) is 10.1 Å². The zero-order valence-electron chi connectivity index (χ0n) is 5.11. The molecule has 0 amide bonds. The lowest BCUT2D eigenvalue weighted by Crippen LogP contribution is -1.85. The quantitative estimate of drug-likeness (QED) is 0.579. The van der Waals surface area contributed by atoms with Crippen molar-refractivity contribution in [1.82, 2.24) is 10.1 Å². The molecule has 2 N–H and O–H groups in total. The van der Waals surface area contributed by atoms with Crippen LogP contribution in [0.2, 0.25) is 0 Å². The van der Waals surface area contributed by atoms with Crippen molar-refractivity contribution in [3.05, 3.63) is 18.5 Å². The Kier molecular flexibility index (Phi) is 0.887. The van der Waals surface area contributed by atoms with E-state index in [1.165, 1.54) is 0 Å². The molecular formula is C6H5N3O. The number of nitrogens with two attached hydrogens (primary N) is 1. The Hall–Kier alpha value is -1.58. The van der Waals surface area contributed by atoms with Gasteiger partial charge < -0.3 is 10.3 Å². The fraction of sp³-hybridized carbons (Fsp3) is 0. The molecule has 2 aliphatic rings. The molecule has 2 heterocycles. The molecule has 0 aromatic rings. The van der Waals surface area contributed by atoms with Crippen molar-refractivity contribution in [2.45, 2.75) is 0 Å². The van der Waals surface area contributed by atoms with E-state index in [0.29, 0.717) is 11.6 Å². The van der Waals surface area contributed by atoms with E-state index in [-0.39, 0.29) is 0 Å². The molecule has 4 nitrogen and oxygen atoms in total. The smallest absolute Gasteiger partial charge is 0.187 e. The minimum atomic E-state index is 0.487. The normalized spacial score (nSPS) is 10.4. The standard InChI is InChI=1S/C6H5N3O/c7-6-4-1-2-9-10-5(4)3-8-6/h1-3H,(H2,7,8). The second kappa shape index (κ2) is 1.70. The highest BCUT2D eigenvalue weighted by Crippen LogP contribution is 2.24. The molecule has 0 fully saturated rings. The van der Waals surface area contributed by atoms with Crippen LogP contribution in [0.25, 0.3) is 11.3 Å². The van der Waals surface area contributed by atoms with E-state index in [0.717, 1.165) is 5.56 Å². The predicted molar refractivity (Wildman–Crippen MR) is 35.3 cm³/mol. The fourth-order valence-corrected chi connectivity index (χ4v) is 0.826. The summed E-state index contributed by atoms with van der Waals surface area (Å²) in [5.41, 5.74) is 6.29. The Morgan fingerprint density at radius 3 is 3.20 bits per heavy atom. The highest BCUT2D eigenvalue weighted by atomic mass is 16.5. The van der Waals surface area contributed by atoms with E-state index in [1.54, 1.807) is 18.5 Å². The van der Waals surface area contributed by atoms with Crippen LogP contribution in [-0.2, 0) is 0 Å². The Morgan fingerprint density at radius 2 is 2.40 bits per heavy atom. The van der Waals surface area contributed by atoms with Gasteiger partial charge in [0.05, 0.1) is 18.0 Å². The summed E-state index contributed by atoms with van der Waals surface area (Å²) in [6.07, 6.45) is 3.10. The van der Waals surface area contributed by atoms with Crippen LogP contribution in [-0.4, -0.2) is 10.1 Å². The monoisotopic (exact) mass is 135 g/mol. The van der Waals surface area contributed by atoms with Gasteiger partial charge in [-0.2, -0.15) is 0 Å². The summed E-state index contributed by atoms with van der Waals surface area (Å²) in [4.78, 5) is 3.84. The molecule has 0 bridgehead atoms. The average molecular weight is 135 g/mol. The van der Waals surface area contributed by atoms with Crippen molar-refractivity contribution in [3.63, 3.8) is 0 Å². The van der Waals surface area contributed by atoms with Crippen molar-refractivity contribution in [2.75, 3.05) is 5.73 Å². The van der Waals surface area contributed by atoms with Gasteiger partial charge in [-0.15, -0.1) is 0 Å². The van der Waals surface area contributed by atoms with Crippen molar-refractivity contribution in [1.29, 1.82) is 0 Å². The molecule has 0 saturated carbocycles. The van der Waals surface area contributed by atoms with Crippen LogP contribution in [0, 0.1) is 0 Å². The number of nitrogens with zero attached hydrogens (tertiary/aromatic N) is 2. The molecule has 0 saturated heterocycles. The predicted octanol–water partition coefficient (Wildman–Crippen LogP) is 0.757. The van der Waals surface area contributed by atoms with Crippen molar-refractivity contribution >= 4 is 5.82 Å². The number of anilines is 1. The summed E-state index contributed by atoms with van der Waals surface area (Å²) in [5, 5.41) is 3.56. The number of hydrogen-bond acceptors (Lipinski definition) is 4. The Balaban J connectivity index is 2.78. The molecule has 4 heteroatoms. The van der Waals surface area contributed by atoms with Gasteiger partial charge in [0, 0.05) is 0 Å². The lowest BCUT2D eigenvalue weighted by Gasteiger charge is -1.91. The van der Waals surface area contributed by atoms with Gasteiger partial charge in [-0.05, 0) is 6.07 Å². The molecular weight excluding hydrogens is 130 g/mol. The fourth-order valence-electron chi connectivity index (χ4n) is 0.826. The maximum absolute atomic E-state index is 5.48. The first-order valence-electron chi connectivity index (χ1n) is 2.83. The van der Waals surface area contributed by atoms with Crippen LogP contribution in [0.1, 0.15) is 0 Å². The number of nitrogen functional groups attached to an aromatic ring is 1. The van der Waals surface area contributed by atoms with Crippen molar-refractivity contribution < 1.29 is 4.52 Å². The zero-order valence-corrected chi connectivity index (χ0v) is 5.11. The van der Waals surface area contributed by atoms with Crippen LogP contribution in [0.3, 0.4) is 0 Å². The highest BCUT2D eigenvalue weighted by molar-refractivity contribution is 5.70. The van der Waals surface area contributed by atoms with Gasteiger partial charge in [-0.3, -0.25) is 0 Å². The lowest BCUT2D eigenvalue weighted by molar-refractivity contribution is 0.413. The van der Waals surface area contributed by atoms with E-state index in [4.69, 9.17) is 10.3 Å². The van der Waals surface area contributed by atoms with Gasteiger partial charge >= 0.3 is 0 Å². The molecule has 2 aliphatic heterocycles. The topological polar surface area (TPSA) is 64.9 Å². The summed E-state index contributed by atoms with van der Waals surface area (Å²) in [7, 11) is 0. The first-order chi connectivity index (χ1) is 4.88. The molecule has 50 valence electrons. The number of fused-ring (bicyclic) bond motifs is 1. The van der Waals surface area contributed by atoms with Crippen LogP contribution < -0.4 is 5.73 Å². The van der Waals surface area contributed by atoms with E-state index in [9.17, 15) is 0 Å². The SMILES string of the molecule is Nc1ncc2onccc1-2. The summed E-state index contributed by atoms with van der Waals surface area (Å²) in [5.74, 6) is 1.11. The third-order valence-corrected chi connectivity index (χ3v) is 1.32. The number of hydrogen-bond donors (Lipinski definition) is 1. The van der Waals surface area contributed by atoms with Gasteiger partial charge in [0.15, 0.2) is 5.76 Å². The highest BCUT2D eigenvalue weighted by Gasteiger charge is 2.09. The number of aromatic nitrogens is 2. The minimum Gasteiger partial charge on any atom is -0.383 e. The summed E-state index contributed by atoms with van der Waals surface area (Å²) >= 11 is 0. The van der Waals surface area contributed by atoms with E-state index in [1.807, 2.05) is 0 Å². The van der Waals surface area contributed by atoms with Crippen molar-refractivity contribution in [3.8, 4) is 11.3 Å². The van der Waals surface area contributed by atoms with E-state index < -0.39 is 0 Å². The summed E-state index contributed by atoms with van der Waals surface area (Å²) in [6, 6.07) is 1.77. The van der Waals surface area contributed by atoms with Crippen LogP contribution in [0.15, 0.2) is 23.0 Å². The second-order valence-corrected chi connectivity index (χ2v) is 1.93. The first kappa shape index (κ1) is 5.22. The van der Waals surface area contributed by atoms with Gasteiger partial charge in [0.1, 0.15) is 5.82 Å². The Morgan fingerprint density at radius 1 is 1.50 bits per heavy atom. The molecule has 10 heavy (non-hydrogen) atoms. The lowest BCUT2D eigenvalue weighted by atomic mass is 10.3. The first-order valence-corrected chi connectivity index (χ1v) is 2.83. The van der Waals surface area contributed by atoms with Gasteiger partial charge in [0.2, 0.25) is 0 Å². The summed E-state index contributed by atoms with van der Waals surface area (Å²) in [6.45, 7) is 0. The zero-order chi connectivity index (χ0) is 6.97. The largest absolute Gasteiger partial charge is 0.383 e. The third kappa shape index (κ3) is 0.556.